The van der Waals surface area contributed by atoms with E-state index < -0.39 is 0 Å². The van der Waals surface area contributed by atoms with E-state index in [1.165, 1.54) is 5.56 Å². The summed E-state index contributed by atoms with van der Waals surface area (Å²) in [5.41, 5.74) is 3.39. The lowest BCUT2D eigenvalue weighted by molar-refractivity contribution is 0.633. The second kappa shape index (κ2) is 6.79. The van der Waals surface area contributed by atoms with Crippen LogP contribution in [-0.4, -0.2) is 24.0 Å². The molecule has 2 N–H and O–H groups in total. The Morgan fingerprint density at radius 3 is 2.82 bits per heavy atom. The number of nitrogens with one attached hydrogen (secondary N) is 2. The van der Waals surface area contributed by atoms with Gasteiger partial charge in [-0.3, -0.25) is 9.98 Å². The van der Waals surface area contributed by atoms with Gasteiger partial charge in [-0.2, -0.15) is 0 Å². The Balaban J connectivity index is 1.89. The quantitative estimate of drug-likeness (QED) is 0.912. The van der Waals surface area contributed by atoms with Gasteiger partial charge in [-0.1, -0.05) is 29.8 Å². The minimum Gasteiger partial charge on any atom is -0.355 e. The zero-order valence-electron chi connectivity index (χ0n) is 12.5. The summed E-state index contributed by atoms with van der Waals surface area (Å²) in [6.07, 6.45) is 4.46. The van der Waals surface area contributed by atoms with Crippen molar-refractivity contribution in [1.82, 2.24) is 15.6 Å². The van der Waals surface area contributed by atoms with Gasteiger partial charge in [0.15, 0.2) is 5.96 Å². The van der Waals surface area contributed by atoms with Crippen molar-refractivity contribution in [3.8, 4) is 0 Å². The van der Waals surface area contributed by atoms with Crippen LogP contribution in [0.5, 0.6) is 0 Å². The lowest BCUT2D eigenvalue weighted by Gasteiger charge is -2.22. The third kappa shape index (κ3) is 3.39. The number of pyridine rings is 1. The van der Waals surface area contributed by atoms with Crippen molar-refractivity contribution in [2.45, 2.75) is 19.4 Å². The number of hydrogen-bond acceptors (Lipinski definition) is 4. The summed E-state index contributed by atoms with van der Waals surface area (Å²) in [7, 11) is 0. The second-order valence-corrected chi connectivity index (χ2v) is 5.77. The molecule has 0 saturated heterocycles. The van der Waals surface area contributed by atoms with Crippen molar-refractivity contribution < 1.29 is 0 Å². The molecule has 4 nitrogen and oxygen atoms in total. The molecule has 1 aromatic carbocycles. The summed E-state index contributed by atoms with van der Waals surface area (Å²) in [6, 6.07) is 10.3. The van der Waals surface area contributed by atoms with Crippen molar-refractivity contribution >= 4 is 17.6 Å². The van der Waals surface area contributed by atoms with Crippen LogP contribution in [0.2, 0.25) is 5.02 Å². The molecular formula is C17H19ClN4. The molecule has 5 heteroatoms. The van der Waals surface area contributed by atoms with E-state index in [1.54, 1.807) is 0 Å². The Labute approximate surface area is 135 Å². The number of aliphatic imine (C=N–C) groups is 1. The van der Waals surface area contributed by atoms with Gasteiger partial charge in [0, 0.05) is 24.0 Å². The Hall–Kier alpha value is -2.07. The molecule has 1 aliphatic rings. The van der Waals surface area contributed by atoms with Crippen LogP contribution in [0.1, 0.15) is 22.7 Å². The maximum atomic E-state index is 6.53. The van der Waals surface area contributed by atoms with Crippen molar-refractivity contribution in [2.75, 3.05) is 13.1 Å². The van der Waals surface area contributed by atoms with Crippen LogP contribution in [0.3, 0.4) is 0 Å². The third-order valence-electron chi connectivity index (χ3n) is 3.77. The summed E-state index contributed by atoms with van der Waals surface area (Å²) >= 11 is 6.53. The highest BCUT2D eigenvalue weighted by Crippen LogP contribution is 2.28. The minimum atomic E-state index is 0.0687. The van der Waals surface area contributed by atoms with Crippen LogP contribution in [0, 0.1) is 6.92 Å². The lowest BCUT2D eigenvalue weighted by Crippen LogP contribution is -2.37. The molecule has 3 rings (SSSR count). The van der Waals surface area contributed by atoms with Gasteiger partial charge in [0.1, 0.15) is 0 Å². The number of aryl methyl sites for hydroxylation is 1. The van der Waals surface area contributed by atoms with Crippen molar-refractivity contribution in [3.63, 3.8) is 0 Å². The molecule has 1 unspecified atom stereocenters. The lowest BCUT2D eigenvalue weighted by atomic mass is 9.98. The van der Waals surface area contributed by atoms with Crippen LogP contribution in [0.15, 0.2) is 47.7 Å². The van der Waals surface area contributed by atoms with E-state index in [-0.39, 0.29) is 6.04 Å². The van der Waals surface area contributed by atoms with Gasteiger partial charge in [-0.15, -0.1) is 0 Å². The Kier molecular flexibility index (Phi) is 4.59. The number of aromatic nitrogens is 1. The van der Waals surface area contributed by atoms with E-state index in [0.717, 1.165) is 41.6 Å². The molecule has 2 heterocycles. The molecule has 0 fully saturated rings. The van der Waals surface area contributed by atoms with Gasteiger partial charge in [-0.25, -0.2) is 0 Å². The van der Waals surface area contributed by atoms with Crippen molar-refractivity contribution in [3.05, 3.63) is 64.4 Å². The first kappa shape index (κ1) is 14.9. The monoisotopic (exact) mass is 314 g/mol. The molecule has 114 valence electrons. The molecule has 0 radical (unpaired) electrons. The molecule has 1 atom stereocenters. The molecule has 1 aliphatic heterocycles. The van der Waals surface area contributed by atoms with E-state index in [0.29, 0.717) is 0 Å². The van der Waals surface area contributed by atoms with E-state index in [4.69, 9.17) is 11.6 Å². The zero-order valence-corrected chi connectivity index (χ0v) is 13.3. The minimum absolute atomic E-state index is 0.0687. The number of nitrogens with zero attached hydrogens (tertiary/aromatic N) is 2. The number of benzene rings is 1. The van der Waals surface area contributed by atoms with E-state index in [2.05, 4.69) is 26.7 Å². The summed E-state index contributed by atoms with van der Waals surface area (Å²) in [5, 5.41) is 7.56. The van der Waals surface area contributed by atoms with Gasteiger partial charge in [0.2, 0.25) is 0 Å². The van der Waals surface area contributed by atoms with Gasteiger partial charge in [0.25, 0.3) is 0 Å². The molecule has 0 aliphatic carbocycles. The molecule has 0 amide bonds. The molecule has 0 bridgehead atoms. The average Bonchev–Trinajstić information content (AvgIpc) is 3.03. The van der Waals surface area contributed by atoms with E-state index in [1.807, 2.05) is 43.6 Å². The van der Waals surface area contributed by atoms with Gasteiger partial charge in [-0.05, 0) is 42.2 Å². The molecule has 2 aromatic rings. The van der Waals surface area contributed by atoms with Gasteiger partial charge in [0.05, 0.1) is 12.6 Å². The normalized spacial score (nSPS) is 15.1. The van der Waals surface area contributed by atoms with Gasteiger partial charge >= 0.3 is 0 Å². The first-order valence-electron chi connectivity index (χ1n) is 7.43. The second-order valence-electron chi connectivity index (χ2n) is 5.39. The Bertz CT molecular complexity index is 670. The largest absolute Gasteiger partial charge is 0.355 e. The molecule has 22 heavy (non-hydrogen) atoms. The predicted octanol–water partition coefficient (Wildman–Crippen LogP) is 2.88. The molecule has 1 aromatic heterocycles. The Morgan fingerprint density at radius 1 is 1.27 bits per heavy atom. The number of rotatable bonds is 4. The highest BCUT2D eigenvalue weighted by Gasteiger charge is 2.19. The summed E-state index contributed by atoms with van der Waals surface area (Å²) in [6.45, 7) is 3.72. The van der Waals surface area contributed by atoms with Crippen molar-refractivity contribution in [1.29, 1.82) is 0 Å². The van der Waals surface area contributed by atoms with Crippen LogP contribution in [0.4, 0.5) is 0 Å². The zero-order chi connectivity index (χ0) is 15.4. The smallest absolute Gasteiger partial charge is 0.191 e. The van der Waals surface area contributed by atoms with Crippen LogP contribution < -0.4 is 10.6 Å². The number of hydrogen-bond donors (Lipinski definition) is 2. The molecule has 0 spiro atoms. The standard InChI is InChI=1S/C17H19ClN4/c1-12-3-2-4-14(16(12)18)15(22-17-20-9-10-21-17)11-13-5-7-19-8-6-13/h2-8,15H,9-11H2,1H3,(H2,20,21,22). The molecule has 0 saturated carbocycles. The van der Waals surface area contributed by atoms with E-state index in [9.17, 15) is 0 Å². The highest BCUT2D eigenvalue weighted by atomic mass is 35.5. The Morgan fingerprint density at radius 2 is 2.09 bits per heavy atom. The summed E-state index contributed by atoms with van der Waals surface area (Å²) < 4.78 is 0. The first-order chi connectivity index (χ1) is 10.7. The average molecular weight is 315 g/mol. The summed E-state index contributed by atoms with van der Waals surface area (Å²) in [4.78, 5) is 8.51. The van der Waals surface area contributed by atoms with Crippen LogP contribution in [-0.2, 0) is 6.42 Å². The third-order valence-corrected chi connectivity index (χ3v) is 4.29. The maximum Gasteiger partial charge on any atom is 0.191 e. The van der Waals surface area contributed by atoms with Gasteiger partial charge < -0.3 is 10.6 Å². The van der Waals surface area contributed by atoms with E-state index >= 15 is 0 Å². The first-order valence-corrected chi connectivity index (χ1v) is 7.80. The fourth-order valence-corrected chi connectivity index (χ4v) is 2.85. The maximum absolute atomic E-state index is 6.53. The van der Waals surface area contributed by atoms with Crippen molar-refractivity contribution in [2.24, 2.45) is 4.99 Å². The molecular weight excluding hydrogens is 296 g/mol. The van der Waals surface area contributed by atoms with Crippen LogP contribution in [0.25, 0.3) is 0 Å². The number of halogens is 1. The van der Waals surface area contributed by atoms with Crippen LogP contribution >= 0.6 is 11.6 Å². The fourth-order valence-electron chi connectivity index (χ4n) is 2.59. The highest BCUT2D eigenvalue weighted by molar-refractivity contribution is 6.32. The predicted molar refractivity (Wildman–Crippen MR) is 90.3 cm³/mol. The fraction of sp³-hybridized carbons (Fsp3) is 0.294. The number of guanidine groups is 1. The topological polar surface area (TPSA) is 49.3 Å². The SMILES string of the molecule is Cc1cccc(C(Cc2ccncc2)NC2=NCCN2)c1Cl. The summed E-state index contributed by atoms with van der Waals surface area (Å²) in [5.74, 6) is 0.844.